The second-order valence-electron chi connectivity index (χ2n) is 10.2. The molecule has 2 saturated carbocycles. The Morgan fingerprint density at radius 1 is 1.19 bits per heavy atom. The summed E-state index contributed by atoms with van der Waals surface area (Å²) in [7, 11) is 0. The van der Waals surface area contributed by atoms with Gasteiger partial charge in [0.1, 0.15) is 11.9 Å². The Balaban J connectivity index is 0.000000260. The highest BCUT2D eigenvalue weighted by atomic mass is 19.1. The Kier molecular flexibility index (Phi) is 6.27. The molecule has 0 radical (unpaired) electrons. The maximum atomic E-state index is 14.7. The molecule has 0 bridgehead atoms. The monoisotopic (exact) mass is 437 g/mol. The Hall–Kier alpha value is -2.45. The Morgan fingerprint density at radius 2 is 1.91 bits per heavy atom. The number of hydrogen-bond donors (Lipinski definition) is 2. The molecule has 2 aromatic rings. The molecule has 0 aliphatic heterocycles. The normalized spacial score (nSPS) is 32.6. The van der Waals surface area contributed by atoms with E-state index in [0.29, 0.717) is 23.7 Å². The van der Waals surface area contributed by atoms with E-state index in [1.54, 1.807) is 18.5 Å². The largest absolute Gasteiger partial charge is 0.393 e. The number of fused-ring (bicyclic) bond motifs is 5. The van der Waals surface area contributed by atoms with Crippen molar-refractivity contribution < 1.29 is 19.4 Å². The predicted octanol–water partition coefficient (Wildman–Crippen LogP) is 5.07. The number of aliphatic hydroxyl groups excluding tert-OH is 1. The van der Waals surface area contributed by atoms with Gasteiger partial charge in [-0.2, -0.15) is 5.26 Å². The van der Waals surface area contributed by atoms with E-state index in [9.17, 15) is 9.50 Å². The summed E-state index contributed by atoms with van der Waals surface area (Å²) in [5.41, 5.74) is 3.30. The van der Waals surface area contributed by atoms with Crippen LogP contribution in [0.25, 0.3) is 0 Å². The van der Waals surface area contributed by atoms with E-state index in [2.05, 4.69) is 13.8 Å². The Bertz CT molecular complexity index is 995. The third-order valence-electron chi connectivity index (χ3n) is 8.54. The highest BCUT2D eigenvalue weighted by Crippen LogP contribution is 2.63. The van der Waals surface area contributed by atoms with Crippen LogP contribution in [-0.4, -0.2) is 16.4 Å². The van der Waals surface area contributed by atoms with Crippen molar-refractivity contribution in [1.82, 2.24) is 0 Å². The lowest BCUT2D eigenvalue weighted by molar-refractivity contribution is -0.904. The summed E-state index contributed by atoms with van der Waals surface area (Å²) in [6, 6.07) is 9.34. The number of benzene rings is 1. The van der Waals surface area contributed by atoms with Crippen LogP contribution in [-0.2, 0) is 6.42 Å². The summed E-state index contributed by atoms with van der Waals surface area (Å²) in [6.07, 6.45) is 8.85. The first-order valence-corrected chi connectivity index (χ1v) is 11.9. The van der Waals surface area contributed by atoms with Crippen LogP contribution in [0.2, 0.25) is 0 Å². The third-order valence-corrected chi connectivity index (χ3v) is 8.54. The fourth-order valence-electron chi connectivity index (χ4n) is 6.88. The lowest BCUT2D eigenvalue weighted by Crippen LogP contribution is -2.47. The second-order valence-corrected chi connectivity index (χ2v) is 10.2. The van der Waals surface area contributed by atoms with Crippen molar-refractivity contribution in [1.29, 1.82) is 5.26 Å². The summed E-state index contributed by atoms with van der Waals surface area (Å²) in [5, 5.41) is 28.4. The zero-order valence-electron chi connectivity index (χ0n) is 19.3. The minimum absolute atomic E-state index is 0.0322. The van der Waals surface area contributed by atoms with Crippen LogP contribution >= 0.6 is 0 Å². The SMILES string of the molecule is CC[C@H]1C[C@@]2(C)C(CC[C@@H]2O)C2CCc3c(ccc(C#N)c3F)C21.Cc1cc[n+](O)cc1. The van der Waals surface area contributed by atoms with E-state index in [0.717, 1.165) is 59.9 Å². The van der Waals surface area contributed by atoms with Crippen molar-refractivity contribution in [3.63, 3.8) is 0 Å². The zero-order chi connectivity index (χ0) is 23.0. The molecule has 4 nitrogen and oxygen atoms in total. The van der Waals surface area contributed by atoms with Gasteiger partial charge in [0.25, 0.3) is 0 Å². The van der Waals surface area contributed by atoms with Crippen molar-refractivity contribution in [2.24, 2.45) is 23.2 Å². The van der Waals surface area contributed by atoms with Crippen molar-refractivity contribution in [3.05, 3.63) is 64.7 Å². The molecule has 2 fully saturated rings. The van der Waals surface area contributed by atoms with E-state index >= 15 is 0 Å². The summed E-state index contributed by atoms with van der Waals surface area (Å²) in [4.78, 5) is 0. The van der Waals surface area contributed by atoms with Crippen LogP contribution < -0.4 is 4.73 Å². The second kappa shape index (κ2) is 8.83. The highest BCUT2D eigenvalue weighted by Gasteiger charge is 2.57. The van der Waals surface area contributed by atoms with Crippen molar-refractivity contribution >= 4 is 0 Å². The molecule has 3 unspecified atom stereocenters. The minimum Gasteiger partial charge on any atom is -0.393 e. The number of aliphatic hydroxyl groups is 1. The molecule has 32 heavy (non-hydrogen) atoms. The fourth-order valence-corrected chi connectivity index (χ4v) is 6.88. The number of pyridine rings is 1. The number of rotatable bonds is 1. The van der Waals surface area contributed by atoms with Gasteiger partial charge in [-0.15, -0.1) is 0 Å². The molecular weight excluding hydrogens is 403 g/mol. The molecule has 0 spiro atoms. The molecule has 0 saturated heterocycles. The maximum Gasteiger partial charge on any atom is 0.222 e. The van der Waals surface area contributed by atoms with Gasteiger partial charge < -0.3 is 5.11 Å². The van der Waals surface area contributed by atoms with E-state index in [4.69, 9.17) is 10.5 Å². The summed E-state index contributed by atoms with van der Waals surface area (Å²) >= 11 is 0. The number of halogens is 1. The summed E-state index contributed by atoms with van der Waals surface area (Å²) < 4.78 is 15.7. The van der Waals surface area contributed by atoms with Crippen molar-refractivity contribution in [3.8, 4) is 6.07 Å². The minimum atomic E-state index is -0.289. The lowest BCUT2D eigenvalue weighted by atomic mass is 9.51. The summed E-state index contributed by atoms with van der Waals surface area (Å²) in [5.74, 6) is 1.70. The molecule has 6 atom stereocenters. The van der Waals surface area contributed by atoms with E-state index in [1.807, 2.05) is 31.2 Å². The van der Waals surface area contributed by atoms with E-state index < -0.39 is 0 Å². The molecule has 1 aromatic carbocycles. The number of aryl methyl sites for hydroxylation is 1. The smallest absolute Gasteiger partial charge is 0.222 e. The average molecular weight is 438 g/mol. The van der Waals surface area contributed by atoms with Gasteiger partial charge in [-0.25, -0.2) is 4.39 Å². The van der Waals surface area contributed by atoms with Crippen LogP contribution in [0, 0.1) is 47.2 Å². The maximum absolute atomic E-state index is 14.7. The average Bonchev–Trinajstić information content (AvgIpc) is 3.10. The molecule has 0 amide bonds. The number of nitrogens with zero attached hydrogens (tertiary/aromatic N) is 2. The number of nitriles is 1. The standard InChI is InChI=1S/C21H26FNO.C6H8NO/c1-3-12-10-21(2)17(8-9-18(21)24)16-7-6-15-14(19(12)16)5-4-13(11-23)20(15)22;1-6-2-4-7(8)5-3-6/h4-5,12,16-19,24H,3,6-10H2,1-2H3;2-5,8H,1H3/q;+1/t12-,16?,17?,18-,19?,21-;/m0./s1. The predicted molar refractivity (Wildman–Crippen MR) is 119 cm³/mol. The van der Waals surface area contributed by atoms with Gasteiger partial charge in [-0.05, 0) is 90.9 Å². The molecule has 3 aliphatic carbocycles. The highest BCUT2D eigenvalue weighted by molar-refractivity contribution is 5.44. The van der Waals surface area contributed by atoms with E-state index in [1.165, 1.54) is 0 Å². The number of aromatic nitrogens is 1. The molecule has 1 aromatic heterocycles. The topological polar surface area (TPSA) is 68.1 Å². The summed E-state index contributed by atoms with van der Waals surface area (Å²) in [6.45, 7) is 6.48. The quantitative estimate of drug-likeness (QED) is 0.483. The molecule has 3 aliphatic rings. The van der Waals surface area contributed by atoms with Crippen molar-refractivity contribution in [2.75, 3.05) is 0 Å². The zero-order valence-corrected chi connectivity index (χ0v) is 19.3. The van der Waals surface area contributed by atoms with Gasteiger partial charge in [0.05, 0.1) is 11.7 Å². The molecule has 5 heteroatoms. The van der Waals surface area contributed by atoms with E-state index in [-0.39, 0.29) is 22.9 Å². The third kappa shape index (κ3) is 3.79. The first kappa shape index (κ1) is 22.7. The van der Waals surface area contributed by atoms with Gasteiger partial charge in [-0.1, -0.05) is 26.3 Å². The van der Waals surface area contributed by atoms with Gasteiger partial charge in [0, 0.05) is 16.9 Å². The van der Waals surface area contributed by atoms with Crippen LogP contribution in [0.3, 0.4) is 0 Å². The Labute approximate surface area is 190 Å². The first-order valence-electron chi connectivity index (χ1n) is 11.9. The lowest BCUT2D eigenvalue weighted by Gasteiger charge is -2.53. The van der Waals surface area contributed by atoms with Crippen LogP contribution in [0.15, 0.2) is 36.7 Å². The molecule has 170 valence electrons. The van der Waals surface area contributed by atoms with Crippen LogP contribution in [0.4, 0.5) is 4.39 Å². The van der Waals surface area contributed by atoms with Gasteiger partial charge in [0.2, 0.25) is 12.4 Å². The van der Waals surface area contributed by atoms with Crippen molar-refractivity contribution in [2.45, 2.75) is 71.3 Å². The molecular formula is C27H34FN2O2+. The number of hydrogen-bond acceptors (Lipinski definition) is 3. The van der Waals surface area contributed by atoms with Crippen LogP contribution in [0.5, 0.6) is 0 Å². The van der Waals surface area contributed by atoms with Gasteiger partial charge >= 0.3 is 0 Å². The molecule has 2 N–H and O–H groups in total. The van der Waals surface area contributed by atoms with Gasteiger partial charge in [-0.3, -0.25) is 5.21 Å². The Morgan fingerprint density at radius 3 is 2.53 bits per heavy atom. The van der Waals surface area contributed by atoms with Gasteiger partial charge in [0.15, 0.2) is 0 Å². The first-order chi connectivity index (χ1) is 15.3. The molecule has 5 rings (SSSR count). The molecule has 1 heterocycles. The fraction of sp³-hybridized carbons (Fsp3) is 0.556. The van der Waals surface area contributed by atoms with Crippen LogP contribution in [0.1, 0.15) is 74.1 Å².